The predicted molar refractivity (Wildman–Crippen MR) is 130 cm³/mol. The number of nitro groups is 1. The first-order valence-corrected chi connectivity index (χ1v) is 11.4. The number of anilines is 1. The number of benzene rings is 2. The van der Waals surface area contributed by atoms with E-state index >= 15 is 0 Å². The standard InChI is InChI=1S/C22H21ClN6O4S/c1-3-10-28-19(12-24-21(31)15-5-7-16(23)8-6-15)26-27-22(28)34-13-20(30)25-18-11-17(29(32)33)9-4-14(18)2/h3-9,11H,1,10,12-13H2,2H3,(H,24,31)(H,25,30). The Bertz CT molecular complexity index is 1230. The van der Waals surface area contributed by atoms with Gasteiger partial charge in [0.15, 0.2) is 11.0 Å². The van der Waals surface area contributed by atoms with E-state index in [4.69, 9.17) is 11.6 Å². The van der Waals surface area contributed by atoms with E-state index < -0.39 is 4.92 Å². The van der Waals surface area contributed by atoms with Crippen LogP contribution in [-0.2, 0) is 17.9 Å². The van der Waals surface area contributed by atoms with Crippen molar-refractivity contribution < 1.29 is 14.5 Å². The Hall–Kier alpha value is -3.70. The van der Waals surface area contributed by atoms with E-state index in [-0.39, 0.29) is 29.8 Å². The second kappa shape index (κ2) is 11.4. The summed E-state index contributed by atoms with van der Waals surface area (Å²) in [6, 6.07) is 10.8. The van der Waals surface area contributed by atoms with Gasteiger partial charge in [0.2, 0.25) is 5.91 Å². The van der Waals surface area contributed by atoms with Crippen molar-refractivity contribution in [2.24, 2.45) is 0 Å². The molecule has 0 unspecified atom stereocenters. The Balaban J connectivity index is 1.63. The Morgan fingerprint density at radius 2 is 1.97 bits per heavy atom. The minimum absolute atomic E-state index is 0.00847. The smallest absolute Gasteiger partial charge is 0.271 e. The van der Waals surface area contributed by atoms with Crippen molar-refractivity contribution in [3.8, 4) is 0 Å². The quantitative estimate of drug-likeness (QED) is 0.186. The number of non-ortho nitro benzene ring substituents is 1. The first-order chi connectivity index (χ1) is 16.3. The molecule has 2 aromatic carbocycles. The molecular formula is C22H21ClN6O4S. The zero-order valence-corrected chi connectivity index (χ0v) is 19.7. The third kappa shape index (κ3) is 6.42. The van der Waals surface area contributed by atoms with Crippen LogP contribution in [0.3, 0.4) is 0 Å². The summed E-state index contributed by atoms with van der Waals surface area (Å²) in [5.74, 6) is -0.126. The van der Waals surface area contributed by atoms with E-state index in [2.05, 4.69) is 27.4 Å². The zero-order valence-electron chi connectivity index (χ0n) is 18.2. The number of amides is 2. The largest absolute Gasteiger partial charge is 0.345 e. The molecule has 10 nitrogen and oxygen atoms in total. The number of hydrogen-bond donors (Lipinski definition) is 2. The van der Waals surface area contributed by atoms with Crippen LogP contribution in [-0.4, -0.2) is 37.3 Å². The molecule has 1 heterocycles. The molecule has 3 rings (SSSR count). The molecule has 176 valence electrons. The molecule has 0 aliphatic rings. The van der Waals surface area contributed by atoms with Gasteiger partial charge in [0.1, 0.15) is 0 Å². The van der Waals surface area contributed by atoms with Crippen LogP contribution in [0.5, 0.6) is 0 Å². The van der Waals surface area contributed by atoms with E-state index in [1.165, 1.54) is 12.1 Å². The number of nitrogens with one attached hydrogen (secondary N) is 2. The molecule has 0 saturated carbocycles. The maximum atomic E-state index is 12.4. The SMILES string of the molecule is C=CCn1c(CNC(=O)c2ccc(Cl)cc2)nnc1SCC(=O)Nc1cc([N+](=O)[O-])ccc1C. The van der Waals surface area contributed by atoms with Crippen LogP contribution in [0.15, 0.2) is 60.3 Å². The molecule has 0 aliphatic carbocycles. The van der Waals surface area contributed by atoms with Gasteiger partial charge in [-0.2, -0.15) is 0 Å². The van der Waals surface area contributed by atoms with Crippen LogP contribution in [0.1, 0.15) is 21.7 Å². The lowest BCUT2D eigenvalue weighted by atomic mass is 10.2. The maximum absolute atomic E-state index is 12.4. The normalized spacial score (nSPS) is 10.5. The van der Waals surface area contributed by atoms with Crippen molar-refractivity contribution in [3.05, 3.63) is 87.2 Å². The molecule has 12 heteroatoms. The van der Waals surface area contributed by atoms with Gasteiger partial charge in [0.25, 0.3) is 11.6 Å². The first-order valence-electron chi connectivity index (χ1n) is 10.0. The van der Waals surface area contributed by atoms with Gasteiger partial charge in [-0.1, -0.05) is 35.5 Å². The lowest BCUT2D eigenvalue weighted by Crippen LogP contribution is -2.24. The minimum atomic E-state index is -0.519. The van der Waals surface area contributed by atoms with Gasteiger partial charge in [-0.05, 0) is 36.8 Å². The fraction of sp³-hybridized carbons (Fsp3) is 0.182. The van der Waals surface area contributed by atoms with Crippen molar-refractivity contribution >= 4 is 46.6 Å². The van der Waals surface area contributed by atoms with Crippen LogP contribution in [0.4, 0.5) is 11.4 Å². The van der Waals surface area contributed by atoms with Gasteiger partial charge in [-0.25, -0.2) is 0 Å². The molecule has 0 aliphatic heterocycles. The Labute approximate surface area is 204 Å². The summed E-state index contributed by atoms with van der Waals surface area (Å²) in [5.41, 5.74) is 1.43. The number of aryl methyl sites for hydroxylation is 1. The lowest BCUT2D eigenvalue weighted by molar-refractivity contribution is -0.384. The van der Waals surface area contributed by atoms with Crippen molar-refractivity contribution in [1.29, 1.82) is 0 Å². The Morgan fingerprint density at radius 3 is 2.65 bits per heavy atom. The molecule has 0 fully saturated rings. The second-order valence-electron chi connectivity index (χ2n) is 7.08. The van der Waals surface area contributed by atoms with Crippen LogP contribution in [0.2, 0.25) is 5.02 Å². The summed E-state index contributed by atoms with van der Waals surface area (Å²) < 4.78 is 1.74. The van der Waals surface area contributed by atoms with E-state index in [0.29, 0.717) is 39.4 Å². The van der Waals surface area contributed by atoms with E-state index in [9.17, 15) is 19.7 Å². The highest BCUT2D eigenvalue weighted by Crippen LogP contribution is 2.23. The Morgan fingerprint density at radius 1 is 1.24 bits per heavy atom. The number of carbonyl (C=O) groups excluding carboxylic acids is 2. The average Bonchev–Trinajstić information content (AvgIpc) is 3.19. The van der Waals surface area contributed by atoms with Gasteiger partial charge < -0.3 is 15.2 Å². The van der Waals surface area contributed by atoms with Crippen molar-refractivity contribution in [1.82, 2.24) is 20.1 Å². The predicted octanol–water partition coefficient (Wildman–Crippen LogP) is 3.99. The number of carbonyl (C=O) groups is 2. The van der Waals surface area contributed by atoms with Gasteiger partial charge in [0, 0.05) is 29.3 Å². The number of halogens is 1. The molecule has 0 saturated heterocycles. The van der Waals surface area contributed by atoms with E-state index in [0.717, 1.165) is 11.8 Å². The molecule has 3 aromatic rings. The molecule has 0 spiro atoms. The number of allylic oxidation sites excluding steroid dienone is 1. The number of aromatic nitrogens is 3. The third-order valence-electron chi connectivity index (χ3n) is 4.66. The monoisotopic (exact) mass is 500 g/mol. The van der Waals surface area contributed by atoms with Gasteiger partial charge in [-0.15, -0.1) is 16.8 Å². The number of hydrogen-bond acceptors (Lipinski definition) is 7. The molecule has 34 heavy (non-hydrogen) atoms. The Kier molecular flexibility index (Phi) is 8.39. The topological polar surface area (TPSA) is 132 Å². The van der Waals surface area contributed by atoms with Crippen LogP contribution in [0.25, 0.3) is 0 Å². The summed E-state index contributed by atoms with van der Waals surface area (Å²) in [6.07, 6.45) is 1.66. The van der Waals surface area contributed by atoms with Gasteiger partial charge >= 0.3 is 0 Å². The van der Waals surface area contributed by atoms with Crippen molar-refractivity contribution in [2.45, 2.75) is 25.2 Å². The summed E-state index contributed by atoms with van der Waals surface area (Å²) in [7, 11) is 0. The molecule has 2 N–H and O–H groups in total. The molecule has 0 bridgehead atoms. The first kappa shape index (κ1) is 24.9. The van der Waals surface area contributed by atoms with Crippen molar-refractivity contribution in [3.63, 3.8) is 0 Å². The number of nitro benzene ring substituents is 1. The summed E-state index contributed by atoms with van der Waals surface area (Å²) in [4.78, 5) is 35.3. The molecule has 2 amide bonds. The third-order valence-corrected chi connectivity index (χ3v) is 5.88. The highest BCUT2D eigenvalue weighted by molar-refractivity contribution is 7.99. The highest BCUT2D eigenvalue weighted by atomic mass is 35.5. The molecule has 0 atom stereocenters. The van der Waals surface area contributed by atoms with Crippen LogP contribution in [0, 0.1) is 17.0 Å². The zero-order chi connectivity index (χ0) is 24.7. The van der Waals surface area contributed by atoms with Crippen LogP contribution >= 0.6 is 23.4 Å². The fourth-order valence-electron chi connectivity index (χ4n) is 2.91. The minimum Gasteiger partial charge on any atom is -0.345 e. The number of nitrogens with zero attached hydrogens (tertiary/aromatic N) is 4. The summed E-state index contributed by atoms with van der Waals surface area (Å²) in [5, 5.41) is 25.7. The molecular weight excluding hydrogens is 480 g/mol. The number of thioether (sulfide) groups is 1. The molecule has 0 radical (unpaired) electrons. The van der Waals surface area contributed by atoms with Crippen molar-refractivity contribution in [2.75, 3.05) is 11.1 Å². The van der Waals surface area contributed by atoms with Crippen LogP contribution < -0.4 is 10.6 Å². The second-order valence-corrected chi connectivity index (χ2v) is 8.46. The van der Waals surface area contributed by atoms with E-state index in [1.807, 2.05) is 0 Å². The van der Waals surface area contributed by atoms with Gasteiger partial charge in [-0.3, -0.25) is 19.7 Å². The van der Waals surface area contributed by atoms with Gasteiger partial charge in [0.05, 0.1) is 22.9 Å². The highest BCUT2D eigenvalue weighted by Gasteiger charge is 2.16. The molecule has 1 aromatic heterocycles. The summed E-state index contributed by atoms with van der Waals surface area (Å²) in [6.45, 7) is 5.99. The maximum Gasteiger partial charge on any atom is 0.271 e. The fourth-order valence-corrected chi connectivity index (χ4v) is 3.80. The number of rotatable bonds is 10. The lowest BCUT2D eigenvalue weighted by Gasteiger charge is -2.10. The average molecular weight is 501 g/mol. The van der Waals surface area contributed by atoms with E-state index in [1.54, 1.807) is 47.9 Å². The summed E-state index contributed by atoms with van der Waals surface area (Å²) >= 11 is 7.00.